The molecule has 1 atom stereocenters. The van der Waals surface area contributed by atoms with Crippen LogP contribution >= 0.6 is 0 Å². The molecule has 3 rings (SSSR count). The number of aromatic nitrogens is 3. The van der Waals surface area contributed by atoms with Crippen molar-refractivity contribution in [2.75, 3.05) is 13.3 Å². The van der Waals surface area contributed by atoms with Crippen LogP contribution in [0.4, 0.5) is 0 Å². The van der Waals surface area contributed by atoms with Gasteiger partial charge >= 0.3 is 0 Å². The van der Waals surface area contributed by atoms with Crippen LogP contribution in [-0.2, 0) is 34.3 Å². The standard InChI is InChI=1S/C15H19N5O3S/c1-19(9-14-16-10-17-18-14)15(21)13-7-11-5-3-4-6-12(11)8-20(13)24(2,22)23/h3-6,10,13H,7-9H2,1-2H3,(H,16,17,18). The van der Waals surface area contributed by atoms with Gasteiger partial charge in [-0.05, 0) is 17.5 Å². The van der Waals surface area contributed by atoms with Crippen molar-refractivity contribution >= 4 is 15.9 Å². The Morgan fingerprint density at radius 3 is 2.71 bits per heavy atom. The van der Waals surface area contributed by atoms with Gasteiger partial charge in [-0.3, -0.25) is 9.89 Å². The number of likely N-dealkylation sites (N-methyl/N-ethyl adjacent to an activating group) is 1. The van der Waals surface area contributed by atoms with Crippen LogP contribution in [-0.4, -0.2) is 58.1 Å². The van der Waals surface area contributed by atoms with Crippen LogP contribution in [0.15, 0.2) is 30.6 Å². The molecule has 1 aliphatic heterocycles. The summed E-state index contributed by atoms with van der Waals surface area (Å²) in [6, 6.07) is 6.85. The van der Waals surface area contributed by atoms with E-state index in [2.05, 4.69) is 15.2 Å². The predicted octanol–water partition coefficient (Wildman–Crippen LogP) is 0.150. The zero-order valence-corrected chi connectivity index (χ0v) is 14.3. The van der Waals surface area contributed by atoms with Gasteiger partial charge in [-0.15, -0.1) is 0 Å². The topological polar surface area (TPSA) is 99.3 Å². The van der Waals surface area contributed by atoms with Gasteiger partial charge in [0.25, 0.3) is 0 Å². The van der Waals surface area contributed by atoms with E-state index in [9.17, 15) is 13.2 Å². The number of hydrogen-bond acceptors (Lipinski definition) is 5. The highest BCUT2D eigenvalue weighted by Gasteiger charge is 2.38. The second-order valence-electron chi connectivity index (χ2n) is 5.92. The van der Waals surface area contributed by atoms with Crippen LogP contribution in [0.3, 0.4) is 0 Å². The summed E-state index contributed by atoms with van der Waals surface area (Å²) in [5.74, 6) is 0.291. The van der Waals surface area contributed by atoms with Crippen molar-refractivity contribution in [1.29, 1.82) is 0 Å². The highest BCUT2D eigenvalue weighted by Crippen LogP contribution is 2.26. The summed E-state index contributed by atoms with van der Waals surface area (Å²) in [7, 11) is -1.88. The molecule has 0 bridgehead atoms. The molecule has 1 aromatic heterocycles. The maximum atomic E-state index is 12.8. The number of aromatic amines is 1. The number of rotatable bonds is 4. The first-order chi connectivity index (χ1) is 11.4. The lowest BCUT2D eigenvalue weighted by Crippen LogP contribution is -2.52. The molecule has 1 N–H and O–H groups in total. The number of benzene rings is 1. The molecule has 24 heavy (non-hydrogen) atoms. The van der Waals surface area contributed by atoms with Crippen LogP contribution in [0, 0.1) is 0 Å². The van der Waals surface area contributed by atoms with Crippen molar-refractivity contribution in [3.63, 3.8) is 0 Å². The third-order valence-corrected chi connectivity index (χ3v) is 5.38. The Morgan fingerprint density at radius 1 is 1.38 bits per heavy atom. The summed E-state index contributed by atoms with van der Waals surface area (Å²) in [6.07, 6.45) is 2.87. The molecule has 0 saturated carbocycles. The number of amides is 1. The van der Waals surface area contributed by atoms with Gasteiger partial charge in [-0.25, -0.2) is 13.4 Å². The highest BCUT2D eigenvalue weighted by atomic mass is 32.2. The number of hydrogen-bond donors (Lipinski definition) is 1. The number of sulfonamides is 1. The normalized spacial score (nSPS) is 18.2. The fourth-order valence-electron chi connectivity index (χ4n) is 2.92. The van der Waals surface area contributed by atoms with Crippen molar-refractivity contribution in [3.8, 4) is 0 Å². The summed E-state index contributed by atoms with van der Waals surface area (Å²) in [6.45, 7) is 0.455. The van der Waals surface area contributed by atoms with Crippen LogP contribution in [0.2, 0.25) is 0 Å². The minimum absolute atomic E-state index is 0.210. The predicted molar refractivity (Wildman–Crippen MR) is 87.2 cm³/mol. The maximum absolute atomic E-state index is 12.8. The Bertz CT molecular complexity index is 835. The van der Waals surface area contributed by atoms with E-state index in [4.69, 9.17) is 0 Å². The lowest BCUT2D eigenvalue weighted by Gasteiger charge is -2.36. The lowest BCUT2D eigenvalue weighted by molar-refractivity contribution is -0.135. The van der Waals surface area contributed by atoms with E-state index in [0.717, 1.165) is 17.4 Å². The first-order valence-corrected chi connectivity index (χ1v) is 9.34. The monoisotopic (exact) mass is 349 g/mol. The fourth-order valence-corrected chi connectivity index (χ4v) is 3.92. The van der Waals surface area contributed by atoms with Gasteiger partial charge < -0.3 is 4.90 Å². The Morgan fingerprint density at radius 2 is 2.08 bits per heavy atom. The molecule has 1 unspecified atom stereocenters. The molecule has 9 heteroatoms. The van der Waals surface area contributed by atoms with Crippen LogP contribution in [0.5, 0.6) is 0 Å². The van der Waals surface area contributed by atoms with Crippen molar-refractivity contribution in [1.82, 2.24) is 24.4 Å². The minimum Gasteiger partial charge on any atom is -0.337 e. The second kappa shape index (κ2) is 6.33. The molecule has 0 fully saturated rings. The SMILES string of the molecule is CN(Cc1ncn[nH]1)C(=O)C1Cc2ccccc2CN1S(C)(=O)=O. The van der Waals surface area contributed by atoms with Crippen molar-refractivity contribution < 1.29 is 13.2 Å². The summed E-state index contributed by atoms with van der Waals surface area (Å²) in [5.41, 5.74) is 1.94. The van der Waals surface area contributed by atoms with Crippen molar-refractivity contribution in [3.05, 3.63) is 47.5 Å². The van der Waals surface area contributed by atoms with Crippen LogP contribution in [0.25, 0.3) is 0 Å². The van der Waals surface area contributed by atoms with Crippen molar-refractivity contribution in [2.24, 2.45) is 0 Å². The summed E-state index contributed by atoms with van der Waals surface area (Å²) < 4.78 is 25.6. The smallest absolute Gasteiger partial charge is 0.241 e. The Labute approximate surface area is 140 Å². The number of carbonyl (C=O) groups excluding carboxylic acids is 1. The van der Waals surface area contributed by atoms with Gasteiger partial charge in [0, 0.05) is 13.6 Å². The van der Waals surface area contributed by atoms with E-state index >= 15 is 0 Å². The van der Waals surface area contributed by atoms with E-state index < -0.39 is 16.1 Å². The molecule has 2 aromatic rings. The molecule has 8 nitrogen and oxygen atoms in total. The zero-order valence-electron chi connectivity index (χ0n) is 13.5. The summed E-state index contributed by atoms with van der Waals surface area (Å²) in [5, 5.41) is 6.45. The summed E-state index contributed by atoms with van der Waals surface area (Å²) in [4.78, 5) is 18.3. The molecule has 1 amide bonds. The molecule has 0 radical (unpaired) electrons. The number of carbonyl (C=O) groups is 1. The number of H-pyrrole nitrogens is 1. The van der Waals surface area contributed by atoms with E-state index in [1.807, 2.05) is 24.3 Å². The molecule has 1 aliphatic rings. The van der Waals surface area contributed by atoms with Crippen LogP contribution < -0.4 is 0 Å². The highest BCUT2D eigenvalue weighted by molar-refractivity contribution is 7.88. The van der Waals surface area contributed by atoms with Crippen LogP contribution in [0.1, 0.15) is 17.0 Å². The molecule has 0 saturated heterocycles. The van der Waals surface area contributed by atoms with E-state index in [1.165, 1.54) is 15.5 Å². The average Bonchev–Trinajstić information content (AvgIpc) is 3.05. The Balaban J connectivity index is 1.87. The van der Waals surface area contributed by atoms with Gasteiger partial charge in [-0.2, -0.15) is 9.40 Å². The van der Waals surface area contributed by atoms with Gasteiger partial charge in [0.2, 0.25) is 15.9 Å². The molecular formula is C15H19N5O3S. The first-order valence-electron chi connectivity index (χ1n) is 7.49. The lowest BCUT2D eigenvalue weighted by atomic mass is 9.95. The van der Waals surface area contributed by atoms with E-state index in [-0.39, 0.29) is 19.0 Å². The minimum atomic E-state index is -3.51. The van der Waals surface area contributed by atoms with E-state index in [1.54, 1.807) is 7.05 Å². The molecule has 1 aromatic carbocycles. The third kappa shape index (κ3) is 3.31. The maximum Gasteiger partial charge on any atom is 0.241 e. The molecule has 0 aliphatic carbocycles. The Hall–Kier alpha value is -2.26. The zero-order chi connectivity index (χ0) is 17.3. The average molecular weight is 349 g/mol. The van der Waals surface area contributed by atoms with Gasteiger partial charge in [0.05, 0.1) is 12.8 Å². The van der Waals surface area contributed by atoms with Gasteiger partial charge in [-0.1, -0.05) is 24.3 Å². The molecule has 2 heterocycles. The first kappa shape index (κ1) is 16.6. The molecule has 128 valence electrons. The summed E-state index contributed by atoms with van der Waals surface area (Å²) >= 11 is 0. The molecular weight excluding hydrogens is 330 g/mol. The third-order valence-electron chi connectivity index (χ3n) is 4.14. The quantitative estimate of drug-likeness (QED) is 0.847. The fraction of sp³-hybridized carbons (Fsp3) is 0.400. The van der Waals surface area contributed by atoms with Gasteiger partial charge in [0.1, 0.15) is 18.2 Å². The number of nitrogens with one attached hydrogen (secondary N) is 1. The number of fused-ring (bicyclic) bond motifs is 1. The second-order valence-corrected chi connectivity index (χ2v) is 7.86. The van der Waals surface area contributed by atoms with Crippen molar-refractivity contribution in [2.45, 2.75) is 25.6 Å². The Kier molecular flexibility index (Phi) is 4.37. The molecule has 0 spiro atoms. The largest absolute Gasteiger partial charge is 0.337 e. The number of nitrogens with zero attached hydrogens (tertiary/aromatic N) is 4. The van der Waals surface area contributed by atoms with E-state index in [0.29, 0.717) is 12.2 Å². The van der Waals surface area contributed by atoms with Gasteiger partial charge in [0.15, 0.2) is 0 Å².